The number of ether oxygens (including phenoxy) is 1. The number of aryl methyl sites for hydroxylation is 2. The van der Waals surface area contributed by atoms with Gasteiger partial charge in [0.15, 0.2) is 23.0 Å². The van der Waals surface area contributed by atoms with Crippen molar-refractivity contribution in [1.82, 2.24) is 9.13 Å². The van der Waals surface area contributed by atoms with Crippen LogP contribution in [0.25, 0.3) is 0 Å². The molecule has 2 aromatic heterocycles. The third-order valence-corrected chi connectivity index (χ3v) is 9.70. The molecule has 47 heavy (non-hydrogen) atoms. The molecule has 0 saturated carbocycles. The largest absolute Gasteiger partial charge is 0.503 e. The van der Waals surface area contributed by atoms with Crippen LogP contribution < -0.4 is 15.6 Å². The number of pyridine rings is 2. The summed E-state index contributed by atoms with van der Waals surface area (Å²) in [5, 5.41) is 21.2. The maximum Gasteiger partial charge on any atom is 0.265 e. The van der Waals surface area contributed by atoms with Gasteiger partial charge < -0.3 is 24.1 Å². The Kier molecular flexibility index (Phi) is 21.0. The molecule has 0 saturated heterocycles. The average Bonchev–Trinajstić information content (AvgIpc) is 3.07. The molecule has 0 aliphatic heterocycles. The first kappa shape index (κ1) is 40.5. The predicted molar refractivity (Wildman–Crippen MR) is 196 cm³/mol. The van der Waals surface area contributed by atoms with Crippen molar-refractivity contribution in [3.05, 3.63) is 44.2 Å². The molecule has 0 atom stereocenters. The van der Waals surface area contributed by atoms with Gasteiger partial charge in [-0.3, -0.25) is 9.59 Å². The smallest absolute Gasteiger partial charge is 0.265 e. The standard InChI is InChI=1S/C40H68N2O5/c1-5-7-9-11-13-15-17-19-21-23-25-27-29-41-31-35(39(45)37(43)33(41)3)47-36-32-42(34(4)38(44)40(36)46)30-28-26-24-22-20-18-16-14-12-10-8-6-2/h31-32,43-44H,5-30H2,1-4H3. The molecule has 0 bridgehead atoms. The Morgan fingerprint density at radius 1 is 0.468 bits per heavy atom. The summed E-state index contributed by atoms with van der Waals surface area (Å²) in [4.78, 5) is 25.8. The van der Waals surface area contributed by atoms with Gasteiger partial charge in [-0.2, -0.15) is 0 Å². The van der Waals surface area contributed by atoms with Crippen LogP contribution in [-0.4, -0.2) is 19.3 Å². The molecule has 0 radical (unpaired) electrons. The first-order valence-corrected chi connectivity index (χ1v) is 19.4. The van der Waals surface area contributed by atoms with Crippen molar-refractivity contribution >= 4 is 0 Å². The maximum atomic E-state index is 12.9. The van der Waals surface area contributed by atoms with Gasteiger partial charge in [-0.1, -0.05) is 155 Å². The minimum Gasteiger partial charge on any atom is -0.503 e. The third-order valence-electron chi connectivity index (χ3n) is 9.70. The van der Waals surface area contributed by atoms with E-state index in [2.05, 4.69) is 13.8 Å². The minimum absolute atomic E-state index is 0.107. The van der Waals surface area contributed by atoms with Gasteiger partial charge in [-0.05, 0) is 26.7 Å². The fraction of sp³-hybridized carbons (Fsp3) is 0.750. The van der Waals surface area contributed by atoms with Gasteiger partial charge in [0.25, 0.3) is 10.9 Å². The van der Waals surface area contributed by atoms with Crippen molar-refractivity contribution in [3.63, 3.8) is 0 Å². The van der Waals surface area contributed by atoms with E-state index in [-0.39, 0.29) is 23.0 Å². The normalized spacial score (nSPS) is 11.4. The van der Waals surface area contributed by atoms with Crippen molar-refractivity contribution in [3.8, 4) is 23.0 Å². The van der Waals surface area contributed by atoms with Crippen LogP contribution in [0.15, 0.2) is 22.0 Å². The first-order chi connectivity index (χ1) is 22.8. The molecule has 2 N–H and O–H groups in total. The van der Waals surface area contributed by atoms with Gasteiger partial charge >= 0.3 is 0 Å². The molecule has 0 spiro atoms. The maximum absolute atomic E-state index is 12.9. The van der Waals surface area contributed by atoms with Crippen LogP contribution in [0, 0.1) is 13.8 Å². The highest BCUT2D eigenvalue weighted by Crippen LogP contribution is 2.24. The summed E-state index contributed by atoms with van der Waals surface area (Å²) in [6, 6.07) is 0. The van der Waals surface area contributed by atoms with E-state index in [1.807, 2.05) is 9.13 Å². The van der Waals surface area contributed by atoms with Gasteiger partial charge in [-0.25, -0.2) is 0 Å². The van der Waals surface area contributed by atoms with Crippen molar-refractivity contribution < 1.29 is 14.9 Å². The number of nitrogens with zero attached hydrogens (tertiary/aromatic N) is 2. The van der Waals surface area contributed by atoms with Crippen molar-refractivity contribution in [1.29, 1.82) is 0 Å². The zero-order chi connectivity index (χ0) is 34.3. The van der Waals surface area contributed by atoms with Crippen LogP contribution in [0.1, 0.15) is 179 Å². The van der Waals surface area contributed by atoms with Gasteiger partial charge in [0.1, 0.15) is 0 Å². The van der Waals surface area contributed by atoms with Crippen molar-refractivity contribution in [2.24, 2.45) is 0 Å². The number of hydrogen-bond acceptors (Lipinski definition) is 5. The molecule has 0 fully saturated rings. The highest BCUT2D eigenvalue weighted by atomic mass is 16.5. The monoisotopic (exact) mass is 657 g/mol. The molecule has 0 aromatic carbocycles. The molecule has 0 aliphatic carbocycles. The zero-order valence-corrected chi connectivity index (χ0v) is 30.6. The third kappa shape index (κ3) is 15.4. The lowest BCUT2D eigenvalue weighted by atomic mass is 10.1. The summed E-state index contributed by atoms with van der Waals surface area (Å²) in [7, 11) is 0. The van der Waals surface area contributed by atoms with Crippen LogP contribution >= 0.6 is 0 Å². The van der Waals surface area contributed by atoms with Crippen molar-refractivity contribution in [2.75, 3.05) is 0 Å². The van der Waals surface area contributed by atoms with Gasteiger partial charge in [-0.15, -0.1) is 0 Å². The van der Waals surface area contributed by atoms with E-state index in [1.54, 1.807) is 26.2 Å². The van der Waals surface area contributed by atoms with E-state index in [0.717, 1.165) is 25.7 Å². The molecular weight excluding hydrogens is 588 g/mol. The van der Waals surface area contributed by atoms with Gasteiger partial charge in [0.05, 0.1) is 23.8 Å². The highest BCUT2D eigenvalue weighted by Gasteiger charge is 2.18. The van der Waals surface area contributed by atoms with E-state index in [9.17, 15) is 19.8 Å². The summed E-state index contributed by atoms with van der Waals surface area (Å²) < 4.78 is 9.50. The molecular formula is C40H68N2O5. The van der Waals surface area contributed by atoms with Crippen LogP contribution in [-0.2, 0) is 13.1 Å². The second kappa shape index (κ2) is 24.4. The van der Waals surface area contributed by atoms with E-state index >= 15 is 0 Å². The lowest BCUT2D eigenvalue weighted by Crippen LogP contribution is -2.17. The Morgan fingerprint density at radius 3 is 1.00 bits per heavy atom. The van der Waals surface area contributed by atoms with E-state index in [1.165, 1.54) is 128 Å². The quantitative estimate of drug-likeness (QED) is 0.0889. The zero-order valence-electron chi connectivity index (χ0n) is 30.6. The molecule has 0 aliphatic rings. The van der Waals surface area contributed by atoms with Crippen LogP contribution in [0.3, 0.4) is 0 Å². The predicted octanol–water partition coefficient (Wildman–Crippen LogP) is 11.2. The summed E-state index contributed by atoms with van der Waals surface area (Å²) >= 11 is 0. The molecule has 268 valence electrons. The molecule has 0 amide bonds. The van der Waals surface area contributed by atoms with Crippen LogP contribution in [0.4, 0.5) is 0 Å². The summed E-state index contributed by atoms with van der Waals surface area (Å²) in [6.07, 6.45) is 33.4. The Labute approximate surface area is 285 Å². The average molecular weight is 657 g/mol. The Hall–Kier alpha value is -2.70. The van der Waals surface area contributed by atoms with Crippen LogP contribution in [0.5, 0.6) is 23.0 Å². The Bertz CT molecular complexity index is 1150. The number of hydrogen-bond donors (Lipinski definition) is 2. The highest BCUT2D eigenvalue weighted by molar-refractivity contribution is 5.40. The Balaban J connectivity index is 1.84. The summed E-state index contributed by atoms with van der Waals surface area (Å²) in [5.41, 5.74) is -0.330. The lowest BCUT2D eigenvalue weighted by molar-refractivity contribution is 0.406. The molecule has 2 aromatic rings. The van der Waals surface area contributed by atoms with E-state index < -0.39 is 10.9 Å². The number of aromatic hydroxyl groups is 2. The van der Waals surface area contributed by atoms with E-state index in [0.29, 0.717) is 24.5 Å². The van der Waals surface area contributed by atoms with E-state index in [4.69, 9.17) is 4.74 Å². The molecule has 2 heterocycles. The van der Waals surface area contributed by atoms with Crippen LogP contribution in [0.2, 0.25) is 0 Å². The first-order valence-electron chi connectivity index (χ1n) is 19.4. The fourth-order valence-corrected chi connectivity index (χ4v) is 6.40. The molecule has 0 unspecified atom stereocenters. The van der Waals surface area contributed by atoms with Gasteiger partial charge in [0.2, 0.25) is 0 Å². The lowest BCUT2D eigenvalue weighted by Gasteiger charge is -2.17. The fourth-order valence-electron chi connectivity index (χ4n) is 6.40. The molecule has 7 heteroatoms. The number of rotatable bonds is 28. The summed E-state index contributed by atoms with van der Waals surface area (Å²) in [6.45, 7) is 9.25. The van der Waals surface area contributed by atoms with Gasteiger partial charge in [0, 0.05) is 13.1 Å². The van der Waals surface area contributed by atoms with Crippen molar-refractivity contribution in [2.45, 2.75) is 195 Å². The summed E-state index contributed by atoms with van der Waals surface area (Å²) in [5.74, 6) is -0.946. The topological polar surface area (TPSA) is 93.7 Å². The second-order valence-electron chi connectivity index (χ2n) is 13.8. The second-order valence-corrected chi connectivity index (χ2v) is 13.8. The number of aromatic nitrogens is 2. The molecule has 2 rings (SSSR count). The SMILES string of the molecule is CCCCCCCCCCCCCCn1cc(Oc2cn(CCCCCCCCCCCCCC)c(C)c(O)c2=O)c(=O)c(O)c1C. The molecule has 7 nitrogen and oxygen atoms in total. The number of unbranched alkanes of at least 4 members (excludes halogenated alkanes) is 22. The minimum atomic E-state index is -0.652. The Morgan fingerprint density at radius 2 is 0.723 bits per heavy atom.